The molecule has 0 aromatic heterocycles. The van der Waals surface area contributed by atoms with Crippen molar-refractivity contribution in [1.82, 2.24) is 0 Å². The van der Waals surface area contributed by atoms with Gasteiger partial charge in [-0.15, -0.1) is 0 Å². The van der Waals surface area contributed by atoms with Crippen molar-refractivity contribution >= 4 is 64.6 Å². The van der Waals surface area contributed by atoms with Crippen LogP contribution < -0.4 is 0 Å². The summed E-state index contributed by atoms with van der Waals surface area (Å²) < 4.78 is 0. The molecule has 0 nitrogen and oxygen atoms in total. The fraction of sp³-hybridized carbons (Fsp3) is 0.0526. The molecule has 0 bridgehead atoms. The number of fused-ring (bicyclic) bond motifs is 13. The van der Waals surface area contributed by atoms with E-state index in [1.54, 1.807) is 0 Å². The molecule has 0 heterocycles. The summed E-state index contributed by atoms with van der Waals surface area (Å²) in [6.07, 6.45) is 0. The number of hydrogen-bond acceptors (Lipinski definition) is 0. The monoisotopic (exact) mass is 722 g/mol. The minimum atomic E-state index is -0.196. The van der Waals surface area contributed by atoms with Crippen LogP contribution in [0, 0.1) is 0 Å². The van der Waals surface area contributed by atoms with E-state index >= 15 is 0 Å². The van der Waals surface area contributed by atoms with Crippen LogP contribution in [0.15, 0.2) is 194 Å². The topological polar surface area (TPSA) is 0 Å². The molecule has 11 aromatic carbocycles. The smallest absolute Gasteiger partial charge is 0.0171 e. The average Bonchev–Trinajstić information content (AvgIpc) is 3.51. The molecule has 0 radical (unpaired) electrons. The third kappa shape index (κ3) is 4.56. The average molecular weight is 723 g/mol. The summed E-state index contributed by atoms with van der Waals surface area (Å²) in [6, 6.07) is 72.5. The van der Waals surface area contributed by atoms with Crippen molar-refractivity contribution in [2.24, 2.45) is 0 Å². The van der Waals surface area contributed by atoms with E-state index in [-0.39, 0.29) is 5.41 Å². The highest BCUT2D eigenvalue weighted by molar-refractivity contribution is 6.26. The maximum Gasteiger partial charge on any atom is 0.0171 e. The first kappa shape index (κ1) is 32.2. The maximum atomic E-state index is 2.56. The van der Waals surface area contributed by atoms with Crippen LogP contribution in [0.1, 0.15) is 25.0 Å². The van der Waals surface area contributed by atoms with Crippen LogP contribution in [0.3, 0.4) is 0 Å². The summed E-state index contributed by atoms with van der Waals surface area (Å²) in [5.74, 6) is 0. The van der Waals surface area contributed by atoms with E-state index in [0.29, 0.717) is 0 Å². The van der Waals surface area contributed by atoms with E-state index in [9.17, 15) is 0 Å². The predicted molar refractivity (Wildman–Crippen MR) is 245 cm³/mol. The molecule has 0 atom stereocenters. The van der Waals surface area contributed by atoms with Crippen LogP contribution in [0.5, 0.6) is 0 Å². The van der Waals surface area contributed by atoms with Gasteiger partial charge in [-0.2, -0.15) is 0 Å². The summed E-state index contributed by atoms with van der Waals surface area (Å²) >= 11 is 0. The summed E-state index contributed by atoms with van der Waals surface area (Å²) in [7, 11) is 0. The molecular weight excluding hydrogens is 685 g/mol. The van der Waals surface area contributed by atoms with Crippen LogP contribution in [0.2, 0.25) is 0 Å². The summed E-state index contributed by atoms with van der Waals surface area (Å²) in [4.78, 5) is 0. The van der Waals surface area contributed by atoms with Gasteiger partial charge in [0.2, 0.25) is 0 Å². The van der Waals surface area contributed by atoms with E-state index in [0.717, 1.165) is 0 Å². The van der Waals surface area contributed by atoms with Gasteiger partial charge in [-0.3, -0.25) is 0 Å². The second-order valence-corrected chi connectivity index (χ2v) is 16.3. The lowest BCUT2D eigenvalue weighted by atomic mass is 9.77. The van der Waals surface area contributed by atoms with Gasteiger partial charge >= 0.3 is 0 Å². The zero-order chi connectivity index (χ0) is 37.8. The molecule has 0 fully saturated rings. The van der Waals surface area contributed by atoms with Crippen molar-refractivity contribution in [3.63, 3.8) is 0 Å². The fourth-order valence-electron chi connectivity index (χ4n) is 10.6. The Kier molecular flexibility index (Phi) is 6.78. The maximum absolute atomic E-state index is 2.56. The van der Waals surface area contributed by atoms with E-state index in [2.05, 4.69) is 208 Å². The molecule has 1 aliphatic rings. The first-order valence-corrected chi connectivity index (χ1v) is 20.1. The van der Waals surface area contributed by atoms with Crippen LogP contribution >= 0.6 is 0 Å². The highest BCUT2D eigenvalue weighted by Crippen LogP contribution is 2.58. The van der Waals surface area contributed by atoms with Gasteiger partial charge in [0.25, 0.3) is 0 Å². The van der Waals surface area contributed by atoms with Crippen LogP contribution in [0.25, 0.3) is 109 Å². The van der Waals surface area contributed by atoms with Gasteiger partial charge in [0, 0.05) is 5.41 Å². The number of hydrogen-bond donors (Lipinski definition) is 0. The molecule has 0 saturated carbocycles. The summed E-state index contributed by atoms with van der Waals surface area (Å²) in [6.45, 7) is 4.88. The minimum Gasteiger partial charge on any atom is -0.0622 e. The van der Waals surface area contributed by atoms with Gasteiger partial charge in [0.1, 0.15) is 0 Å². The van der Waals surface area contributed by atoms with Crippen LogP contribution in [-0.2, 0) is 5.41 Å². The standard InChI is InChI=1S/C57H38/c1-57(2)55-48-26-14-8-20-42(48)50(34-51(55)54-43-21-9-6-18-40(43)41-19-7-15-27-49(41)56(54)57)53-46-24-12-10-22-44(46)52(45-23-11-13-25-47(45)53)39-31-30-37-32-36(28-29-38(37)33-39)35-16-4-3-5-17-35/h3-34H,1-2H3. The Labute approximate surface area is 332 Å². The van der Waals surface area contributed by atoms with Gasteiger partial charge < -0.3 is 0 Å². The predicted octanol–water partition coefficient (Wildman–Crippen LogP) is 15.9. The Morgan fingerprint density at radius 2 is 0.684 bits per heavy atom. The van der Waals surface area contributed by atoms with Crippen molar-refractivity contribution in [1.29, 1.82) is 0 Å². The Bertz CT molecular complexity index is 3420. The zero-order valence-electron chi connectivity index (χ0n) is 32.0. The van der Waals surface area contributed by atoms with Crippen molar-refractivity contribution in [2.75, 3.05) is 0 Å². The largest absolute Gasteiger partial charge is 0.0622 e. The Balaban J connectivity index is 1.16. The first-order valence-electron chi connectivity index (χ1n) is 20.1. The molecule has 0 N–H and O–H groups in total. The Morgan fingerprint density at radius 1 is 0.263 bits per heavy atom. The van der Waals surface area contributed by atoms with Crippen LogP contribution in [0.4, 0.5) is 0 Å². The lowest BCUT2D eigenvalue weighted by Crippen LogP contribution is -2.16. The van der Waals surface area contributed by atoms with E-state index in [4.69, 9.17) is 0 Å². The van der Waals surface area contributed by atoms with E-state index < -0.39 is 0 Å². The quantitative estimate of drug-likeness (QED) is 0.126. The molecular formula is C57H38. The van der Waals surface area contributed by atoms with Crippen molar-refractivity contribution in [2.45, 2.75) is 19.3 Å². The third-order valence-electron chi connectivity index (χ3n) is 12.9. The molecule has 0 aliphatic heterocycles. The fourth-order valence-corrected chi connectivity index (χ4v) is 10.6. The molecule has 266 valence electrons. The molecule has 0 saturated heterocycles. The molecule has 57 heavy (non-hydrogen) atoms. The van der Waals surface area contributed by atoms with Gasteiger partial charge in [-0.05, 0) is 138 Å². The molecule has 1 aliphatic carbocycles. The molecule has 0 amide bonds. The van der Waals surface area contributed by atoms with Gasteiger partial charge in [0.05, 0.1) is 0 Å². The Morgan fingerprint density at radius 3 is 1.28 bits per heavy atom. The minimum absolute atomic E-state index is 0.196. The number of benzene rings is 11. The summed E-state index contributed by atoms with van der Waals surface area (Å²) in [5.41, 5.74) is 13.0. The lowest BCUT2D eigenvalue weighted by molar-refractivity contribution is 0.672. The number of rotatable bonds is 3. The SMILES string of the molecule is CC1(C)c2c(cc(-c3c4ccccc4c(-c4ccc5cc(-c6ccccc6)ccc5c4)c4ccccc34)c3ccccc23)-c2c1c1ccccc1c1ccccc21. The first-order chi connectivity index (χ1) is 28.1. The molecule has 0 unspecified atom stereocenters. The molecule has 0 spiro atoms. The highest BCUT2D eigenvalue weighted by atomic mass is 14.4. The zero-order valence-corrected chi connectivity index (χ0v) is 32.0. The van der Waals surface area contributed by atoms with E-state index in [1.807, 2.05) is 0 Å². The van der Waals surface area contributed by atoms with Crippen molar-refractivity contribution < 1.29 is 0 Å². The normalized spacial score (nSPS) is 13.2. The molecule has 11 aromatic rings. The second-order valence-electron chi connectivity index (χ2n) is 16.3. The second kappa shape index (κ2) is 12.0. The molecule has 12 rings (SSSR count). The third-order valence-corrected chi connectivity index (χ3v) is 12.9. The lowest BCUT2D eigenvalue weighted by Gasteiger charge is -2.26. The van der Waals surface area contributed by atoms with Gasteiger partial charge in [0.15, 0.2) is 0 Å². The Hall–Kier alpha value is -7.02. The van der Waals surface area contributed by atoms with Gasteiger partial charge in [-0.1, -0.05) is 190 Å². The molecule has 0 heteroatoms. The van der Waals surface area contributed by atoms with Crippen LogP contribution in [-0.4, -0.2) is 0 Å². The highest BCUT2D eigenvalue weighted by Gasteiger charge is 2.40. The van der Waals surface area contributed by atoms with Crippen molar-refractivity contribution in [3.8, 4) is 44.5 Å². The van der Waals surface area contributed by atoms with E-state index in [1.165, 1.54) is 120 Å². The summed E-state index contributed by atoms with van der Waals surface area (Å²) in [5, 5.41) is 15.5. The van der Waals surface area contributed by atoms with Gasteiger partial charge in [-0.25, -0.2) is 0 Å². The van der Waals surface area contributed by atoms with Crippen molar-refractivity contribution in [3.05, 3.63) is 205 Å².